The van der Waals surface area contributed by atoms with Crippen LogP contribution in [0.4, 0.5) is 26.3 Å². The minimum absolute atomic E-state index is 0.0135. The van der Waals surface area contributed by atoms with Gasteiger partial charge in [0.25, 0.3) is 5.91 Å². The molecule has 0 N–H and O–H groups in total. The number of hydrogen-bond acceptors (Lipinski definition) is 3. The van der Waals surface area contributed by atoms with Gasteiger partial charge in [0.2, 0.25) is 0 Å². The largest absolute Gasteiger partial charge is 0.416 e. The van der Waals surface area contributed by atoms with Crippen molar-refractivity contribution in [1.82, 2.24) is 4.90 Å². The number of sulfone groups is 1. The molecule has 3 rings (SSSR count). The van der Waals surface area contributed by atoms with Crippen molar-refractivity contribution in [3.05, 3.63) is 68.7 Å². The van der Waals surface area contributed by atoms with Crippen LogP contribution in [0.15, 0.2) is 36.4 Å². The van der Waals surface area contributed by atoms with Gasteiger partial charge in [0.15, 0.2) is 0 Å². The highest BCUT2D eigenvalue weighted by Crippen LogP contribution is 2.42. The fourth-order valence-corrected chi connectivity index (χ4v) is 5.16. The molecule has 192 valence electrons. The van der Waals surface area contributed by atoms with Crippen molar-refractivity contribution in [2.45, 2.75) is 30.6 Å². The summed E-state index contributed by atoms with van der Waals surface area (Å²) < 4.78 is 103. The van der Waals surface area contributed by atoms with Crippen LogP contribution in [0, 0.1) is 0 Å². The van der Waals surface area contributed by atoms with Crippen LogP contribution in [0.3, 0.4) is 0 Å². The molecule has 2 aromatic carbocycles. The van der Waals surface area contributed by atoms with Crippen LogP contribution in [-0.4, -0.2) is 44.3 Å². The Balaban J connectivity index is 2.01. The Hall–Kier alpha value is -1.98. The summed E-state index contributed by atoms with van der Waals surface area (Å²) in [4.78, 5) is 14.2. The summed E-state index contributed by atoms with van der Waals surface area (Å²) in [5.74, 6) is -1.28. The molecular formula is C22H19Cl2F6NO3S. The quantitative estimate of drug-likeness (QED) is 0.405. The highest BCUT2D eigenvalue weighted by Gasteiger charge is 2.43. The zero-order valence-corrected chi connectivity index (χ0v) is 20.4. The zero-order valence-electron chi connectivity index (χ0n) is 18.1. The Morgan fingerprint density at radius 3 is 2.03 bits per heavy atom. The maximum Gasteiger partial charge on any atom is 0.416 e. The lowest BCUT2D eigenvalue weighted by Gasteiger charge is -2.30. The third-order valence-corrected chi connectivity index (χ3v) is 7.64. The Bertz CT molecular complexity index is 1210. The van der Waals surface area contributed by atoms with Crippen LogP contribution >= 0.6 is 23.2 Å². The van der Waals surface area contributed by atoms with Crippen molar-refractivity contribution in [3.8, 4) is 0 Å². The number of nitrogens with zero attached hydrogens (tertiary/aromatic N) is 1. The average Bonchev–Trinajstić information content (AvgIpc) is 3.17. The normalized spacial score (nSPS) is 19.3. The molecule has 2 aromatic rings. The predicted octanol–water partition coefficient (Wildman–Crippen LogP) is 6.25. The fraction of sp³-hybridized carbons (Fsp3) is 0.409. The second kappa shape index (κ2) is 9.48. The molecule has 1 fully saturated rings. The van der Waals surface area contributed by atoms with Crippen LogP contribution in [0.1, 0.15) is 39.9 Å². The SMILES string of the molecule is CS(=O)(=O)CCC1(c2ccc(Cl)c(Cl)c2)CCN(C(=O)c2cc(C(F)(F)F)cc(C(F)(F)F)c2)C1. The maximum atomic E-state index is 13.2. The van der Waals surface area contributed by atoms with Gasteiger partial charge in [0.05, 0.1) is 26.9 Å². The van der Waals surface area contributed by atoms with Gasteiger partial charge >= 0.3 is 12.4 Å². The van der Waals surface area contributed by atoms with Gasteiger partial charge in [-0.15, -0.1) is 0 Å². The van der Waals surface area contributed by atoms with E-state index in [1.165, 1.54) is 12.1 Å². The van der Waals surface area contributed by atoms with Crippen LogP contribution in [-0.2, 0) is 27.6 Å². The Morgan fingerprint density at radius 2 is 1.54 bits per heavy atom. The van der Waals surface area contributed by atoms with E-state index in [0.717, 1.165) is 11.2 Å². The van der Waals surface area contributed by atoms with Crippen molar-refractivity contribution >= 4 is 38.9 Å². The van der Waals surface area contributed by atoms with Gasteiger partial charge in [0, 0.05) is 30.3 Å². The lowest BCUT2D eigenvalue weighted by Crippen LogP contribution is -2.36. The molecule has 1 amide bonds. The van der Waals surface area contributed by atoms with Crippen LogP contribution < -0.4 is 0 Å². The molecular weight excluding hydrogens is 543 g/mol. The number of likely N-dealkylation sites (tertiary alicyclic amines) is 1. The summed E-state index contributed by atoms with van der Waals surface area (Å²) in [6.07, 6.45) is -8.88. The Kier molecular flexibility index (Phi) is 7.47. The average molecular weight is 562 g/mol. The van der Waals surface area contributed by atoms with Gasteiger partial charge in [-0.05, 0) is 48.7 Å². The van der Waals surface area contributed by atoms with E-state index in [1.807, 2.05) is 0 Å². The van der Waals surface area contributed by atoms with Gasteiger partial charge in [-0.3, -0.25) is 4.79 Å². The van der Waals surface area contributed by atoms with Gasteiger partial charge in [-0.25, -0.2) is 8.42 Å². The highest BCUT2D eigenvalue weighted by molar-refractivity contribution is 7.90. The number of benzene rings is 2. The minimum atomic E-state index is -5.10. The molecule has 1 atom stereocenters. The molecule has 4 nitrogen and oxygen atoms in total. The third-order valence-electron chi connectivity index (χ3n) is 5.96. The minimum Gasteiger partial charge on any atom is -0.338 e. The molecule has 0 spiro atoms. The van der Waals surface area contributed by atoms with Crippen molar-refractivity contribution in [1.29, 1.82) is 0 Å². The molecule has 0 aromatic heterocycles. The van der Waals surface area contributed by atoms with Crippen molar-refractivity contribution in [2.24, 2.45) is 0 Å². The fourth-order valence-electron chi connectivity index (χ4n) is 4.10. The first-order chi connectivity index (χ1) is 15.9. The van der Waals surface area contributed by atoms with Gasteiger partial charge < -0.3 is 4.90 Å². The summed E-state index contributed by atoms with van der Waals surface area (Å²) in [5, 5.41) is 0.420. The van der Waals surface area contributed by atoms with E-state index < -0.39 is 50.2 Å². The van der Waals surface area contributed by atoms with Crippen molar-refractivity contribution in [3.63, 3.8) is 0 Å². The lowest BCUT2D eigenvalue weighted by atomic mass is 9.77. The number of hydrogen-bond donors (Lipinski definition) is 0. The molecule has 0 aliphatic carbocycles. The van der Waals surface area contributed by atoms with E-state index in [-0.39, 0.29) is 47.8 Å². The van der Waals surface area contributed by atoms with Gasteiger partial charge in [0.1, 0.15) is 9.84 Å². The predicted molar refractivity (Wildman–Crippen MR) is 119 cm³/mol. The number of halogens is 8. The van der Waals surface area contributed by atoms with Gasteiger partial charge in [-0.2, -0.15) is 26.3 Å². The highest BCUT2D eigenvalue weighted by atomic mass is 35.5. The topological polar surface area (TPSA) is 54.5 Å². The first-order valence-electron chi connectivity index (χ1n) is 10.1. The first kappa shape index (κ1) is 27.6. The summed E-state index contributed by atoms with van der Waals surface area (Å²) in [7, 11) is -3.42. The number of alkyl halides is 6. The van der Waals surface area contributed by atoms with Crippen molar-refractivity contribution in [2.75, 3.05) is 25.1 Å². The van der Waals surface area contributed by atoms with E-state index in [0.29, 0.717) is 17.7 Å². The molecule has 13 heteroatoms. The van der Waals surface area contributed by atoms with E-state index in [9.17, 15) is 39.6 Å². The van der Waals surface area contributed by atoms with Crippen LogP contribution in [0.25, 0.3) is 0 Å². The monoisotopic (exact) mass is 561 g/mol. The maximum absolute atomic E-state index is 13.2. The van der Waals surface area contributed by atoms with Crippen LogP contribution in [0.5, 0.6) is 0 Å². The number of carbonyl (C=O) groups is 1. The Labute approximate surface area is 207 Å². The standard InChI is InChI=1S/C22H19Cl2F6NO3S/c1-35(33,34)7-5-20(14-2-3-17(23)18(24)11-14)4-6-31(12-20)19(32)13-8-15(21(25,26)27)10-16(9-13)22(28,29)30/h2-3,8-11H,4-7,12H2,1H3. The third kappa shape index (κ3) is 6.42. The molecule has 0 saturated carbocycles. The van der Waals surface area contributed by atoms with E-state index >= 15 is 0 Å². The van der Waals surface area contributed by atoms with Crippen molar-refractivity contribution < 1.29 is 39.6 Å². The number of amides is 1. The summed E-state index contributed by atoms with van der Waals surface area (Å²) in [6.45, 7) is -0.142. The summed E-state index contributed by atoms with van der Waals surface area (Å²) in [6, 6.07) is 5.34. The van der Waals surface area contributed by atoms with E-state index in [1.54, 1.807) is 6.07 Å². The number of carbonyl (C=O) groups excluding carboxylic acids is 1. The molecule has 1 aliphatic rings. The van der Waals surface area contributed by atoms with Gasteiger partial charge in [-0.1, -0.05) is 29.3 Å². The number of rotatable bonds is 5. The summed E-state index contributed by atoms with van der Waals surface area (Å²) in [5.41, 5.74) is -4.34. The molecule has 1 heterocycles. The second-order valence-electron chi connectivity index (χ2n) is 8.56. The van der Waals surface area contributed by atoms with Crippen LogP contribution in [0.2, 0.25) is 10.0 Å². The Morgan fingerprint density at radius 1 is 0.971 bits per heavy atom. The molecule has 1 aliphatic heterocycles. The molecule has 35 heavy (non-hydrogen) atoms. The first-order valence-corrected chi connectivity index (χ1v) is 12.9. The molecule has 1 saturated heterocycles. The summed E-state index contributed by atoms with van der Waals surface area (Å²) >= 11 is 12.1. The second-order valence-corrected chi connectivity index (χ2v) is 11.6. The smallest absolute Gasteiger partial charge is 0.338 e. The van der Waals surface area contributed by atoms with E-state index in [4.69, 9.17) is 23.2 Å². The molecule has 0 bridgehead atoms. The molecule has 1 unspecified atom stereocenters. The zero-order chi connectivity index (χ0) is 26.4. The van der Waals surface area contributed by atoms with E-state index in [2.05, 4.69) is 0 Å². The molecule has 0 radical (unpaired) electrons. The lowest BCUT2D eigenvalue weighted by molar-refractivity contribution is -0.143.